The third-order valence-electron chi connectivity index (χ3n) is 8.38. The van der Waals surface area contributed by atoms with Crippen LogP contribution in [0.5, 0.6) is 0 Å². The molecule has 2 saturated carbocycles. The van der Waals surface area contributed by atoms with Gasteiger partial charge < -0.3 is 9.80 Å². The lowest BCUT2D eigenvalue weighted by molar-refractivity contribution is 0.124. The van der Waals surface area contributed by atoms with E-state index >= 15 is 0 Å². The van der Waals surface area contributed by atoms with Crippen molar-refractivity contribution in [1.82, 2.24) is 4.90 Å². The van der Waals surface area contributed by atoms with Gasteiger partial charge in [-0.15, -0.1) is 0 Å². The lowest BCUT2D eigenvalue weighted by Crippen LogP contribution is -2.47. The molecule has 2 aliphatic carbocycles. The minimum absolute atomic E-state index is 0.250. The Morgan fingerprint density at radius 1 is 0.774 bits per heavy atom. The van der Waals surface area contributed by atoms with E-state index in [0.717, 1.165) is 0 Å². The third kappa shape index (κ3) is 2.97. The van der Waals surface area contributed by atoms with Crippen LogP contribution >= 0.6 is 0 Å². The van der Waals surface area contributed by atoms with Gasteiger partial charge in [0.05, 0.1) is 13.1 Å². The fourth-order valence-electron chi connectivity index (χ4n) is 6.99. The monoisotopic (exact) mass is 413 g/mol. The molecule has 2 aliphatic heterocycles. The van der Waals surface area contributed by atoms with Crippen molar-refractivity contribution < 1.29 is 1.37 Å². The van der Waals surface area contributed by atoms with Crippen LogP contribution in [0.1, 0.15) is 88.8 Å². The van der Waals surface area contributed by atoms with E-state index in [1.807, 2.05) is 0 Å². The summed E-state index contributed by atoms with van der Waals surface area (Å²) >= 11 is 0. The molecule has 0 N–H and O–H groups in total. The van der Waals surface area contributed by atoms with Crippen LogP contribution in [-0.2, 0) is 0 Å². The quantitative estimate of drug-likeness (QED) is 0.509. The lowest BCUT2D eigenvalue weighted by atomic mass is 9.80. The van der Waals surface area contributed by atoms with Crippen LogP contribution in [-0.4, -0.2) is 11.1 Å². The molecule has 162 valence electrons. The summed E-state index contributed by atoms with van der Waals surface area (Å²) in [5, 5.41) is 0. The smallest absolute Gasteiger partial charge is 0.110 e. The Hall–Kier alpha value is -2.22. The van der Waals surface area contributed by atoms with E-state index in [9.17, 15) is 1.37 Å². The predicted molar refractivity (Wildman–Crippen MR) is 130 cm³/mol. The summed E-state index contributed by atoms with van der Waals surface area (Å²) in [5.74, 6) is 1.02. The molecule has 2 aromatic carbocycles. The van der Waals surface area contributed by atoms with Crippen molar-refractivity contribution in [1.29, 1.82) is 0 Å². The molecule has 2 fully saturated rings. The SMILES string of the molecule is [2H]C1(C2CCCCC2)c2ccccc2C2=C(C)N(c3ccccc3C)C(C3CCCC3)N21. The molecule has 0 bridgehead atoms. The molecule has 31 heavy (non-hydrogen) atoms. The molecule has 0 amide bonds. The number of fused-ring (bicyclic) bond motifs is 3. The van der Waals surface area contributed by atoms with Gasteiger partial charge in [0.1, 0.15) is 6.17 Å². The first-order valence-electron chi connectivity index (χ1n) is 13.1. The summed E-state index contributed by atoms with van der Waals surface area (Å²) in [6.07, 6.45) is 11.7. The Kier molecular flexibility index (Phi) is 4.58. The number of rotatable bonds is 3. The molecule has 2 nitrogen and oxygen atoms in total. The number of para-hydroxylation sites is 1. The normalized spacial score (nSPS) is 29.5. The maximum atomic E-state index is 10.2. The van der Waals surface area contributed by atoms with Gasteiger partial charge >= 0.3 is 0 Å². The van der Waals surface area contributed by atoms with E-state index in [1.165, 1.54) is 91.6 Å². The number of hydrogen-bond donors (Lipinski definition) is 0. The predicted octanol–water partition coefficient (Wildman–Crippen LogP) is 7.66. The topological polar surface area (TPSA) is 6.48 Å². The van der Waals surface area contributed by atoms with Gasteiger partial charge in [0, 0.05) is 16.9 Å². The minimum atomic E-state index is -0.654. The maximum Gasteiger partial charge on any atom is 0.110 e. The van der Waals surface area contributed by atoms with Gasteiger partial charge in [0.15, 0.2) is 0 Å². The first kappa shape index (κ1) is 18.4. The Bertz CT molecular complexity index is 1050. The summed E-state index contributed by atoms with van der Waals surface area (Å²) < 4.78 is 10.2. The Labute approximate surface area is 189 Å². The van der Waals surface area contributed by atoms with Crippen molar-refractivity contribution >= 4 is 11.4 Å². The van der Waals surface area contributed by atoms with Gasteiger partial charge in [0.25, 0.3) is 0 Å². The summed E-state index contributed by atoms with van der Waals surface area (Å²) in [5.41, 5.74) is 7.90. The number of anilines is 1. The summed E-state index contributed by atoms with van der Waals surface area (Å²) in [7, 11) is 0. The molecule has 2 atom stereocenters. The molecule has 2 heteroatoms. The second-order valence-corrected chi connectivity index (χ2v) is 10.2. The van der Waals surface area contributed by atoms with Crippen molar-refractivity contribution in [3.63, 3.8) is 0 Å². The van der Waals surface area contributed by atoms with E-state index in [4.69, 9.17) is 0 Å². The van der Waals surface area contributed by atoms with Gasteiger partial charge in [-0.3, -0.25) is 0 Å². The highest BCUT2D eigenvalue weighted by Crippen LogP contribution is 2.57. The first-order chi connectivity index (χ1) is 15.6. The number of hydrogen-bond acceptors (Lipinski definition) is 2. The van der Waals surface area contributed by atoms with E-state index in [2.05, 4.69) is 72.2 Å². The second kappa shape index (κ2) is 7.73. The highest BCUT2D eigenvalue weighted by molar-refractivity contribution is 5.82. The van der Waals surface area contributed by atoms with Crippen LogP contribution in [0.2, 0.25) is 0 Å². The van der Waals surface area contributed by atoms with Crippen LogP contribution in [0, 0.1) is 18.8 Å². The van der Waals surface area contributed by atoms with Gasteiger partial charge in [-0.2, -0.15) is 0 Å². The van der Waals surface area contributed by atoms with Gasteiger partial charge in [-0.05, 0) is 68.6 Å². The first-order valence-corrected chi connectivity index (χ1v) is 12.6. The summed E-state index contributed by atoms with van der Waals surface area (Å²) in [6.45, 7) is 4.55. The van der Waals surface area contributed by atoms with Crippen molar-refractivity contribution in [3.8, 4) is 0 Å². The van der Waals surface area contributed by atoms with Crippen LogP contribution in [0.15, 0.2) is 54.2 Å². The van der Waals surface area contributed by atoms with Crippen molar-refractivity contribution in [2.75, 3.05) is 4.90 Å². The maximum absolute atomic E-state index is 10.2. The molecule has 4 aliphatic rings. The molecule has 6 rings (SSSR count). The number of allylic oxidation sites excluding steroid dienone is 1. The fraction of sp³-hybridized carbons (Fsp3) is 0.517. The van der Waals surface area contributed by atoms with Crippen LogP contribution in [0.4, 0.5) is 5.69 Å². The molecule has 0 spiro atoms. The van der Waals surface area contributed by atoms with Gasteiger partial charge in [-0.25, -0.2) is 0 Å². The molecule has 2 aromatic rings. The highest BCUT2D eigenvalue weighted by atomic mass is 15.4. The van der Waals surface area contributed by atoms with E-state index in [1.54, 1.807) is 0 Å². The van der Waals surface area contributed by atoms with Crippen LogP contribution in [0.3, 0.4) is 0 Å². The zero-order valence-corrected chi connectivity index (χ0v) is 19.1. The van der Waals surface area contributed by atoms with Crippen molar-refractivity contribution in [3.05, 3.63) is 70.9 Å². The number of aryl methyl sites for hydroxylation is 1. The standard InChI is InChI=1S/C29H36N2/c1-20-12-6-11-19-26(20)30-21(2)27-24-17-9-10-18-25(24)28(22-13-4-3-5-14-22)31(27)29(30)23-15-7-8-16-23/h6,9-12,17-19,22-23,28-29H,3-5,7-8,13-16H2,1-2H3/i28D. The number of nitrogens with zero attached hydrogens (tertiary/aromatic N) is 2. The second-order valence-electron chi connectivity index (χ2n) is 10.2. The summed E-state index contributed by atoms with van der Waals surface area (Å²) in [4.78, 5) is 5.24. The van der Waals surface area contributed by atoms with E-state index in [-0.39, 0.29) is 6.17 Å². The minimum Gasteiger partial charge on any atom is -0.341 e. The Morgan fingerprint density at radius 3 is 2.19 bits per heavy atom. The Morgan fingerprint density at radius 2 is 1.42 bits per heavy atom. The number of benzene rings is 2. The van der Waals surface area contributed by atoms with E-state index < -0.39 is 6.02 Å². The molecular weight excluding hydrogens is 376 g/mol. The fourth-order valence-corrected chi connectivity index (χ4v) is 6.99. The Balaban J connectivity index is 1.58. The van der Waals surface area contributed by atoms with Crippen molar-refractivity contribution in [2.24, 2.45) is 11.8 Å². The third-order valence-corrected chi connectivity index (χ3v) is 8.38. The lowest BCUT2D eigenvalue weighted by Gasteiger charge is -2.44. The molecule has 2 heterocycles. The zero-order chi connectivity index (χ0) is 21.9. The van der Waals surface area contributed by atoms with Gasteiger partial charge in [0.2, 0.25) is 0 Å². The molecule has 2 unspecified atom stereocenters. The summed E-state index contributed by atoms with van der Waals surface area (Å²) in [6, 6.07) is 17.1. The van der Waals surface area contributed by atoms with Gasteiger partial charge in [-0.1, -0.05) is 74.6 Å². The van der Waals surface area contributed by atoms with Crippen LogP contribution < -0.4 is 4.90 Å². The molecule has 0 saturated heterocycles. The zero-order valence-electron chi connectivity index (χ0n) is 20.1. The molecule has 0 radical (unpaired) electrons. The van der Waals surface area contributed by atoms with Crippen LogP contribution in [0.25, 0.3) is 5.70 Å². The average Bonchev–Trinajstić information content (AvgIpc) is 3.52. The van der Waals surface area contributed by atoms with Crippen molar-refractivity contribution in [2.45, 2.75) is 83.8 Å². The largest absolute Gasteiger partial charge is 0.341 e. The average molecular weight is 414 g/mol. The molecule has 0 aromatic heterocycles. The van der Waals surface area contributed by atoms with E-state index in [0.29, 0.717) is 11.8 Å². The highest BCUT2D eigenvalue weighted by Gasteiger charge is 2.51. The molecular formula is C29H36N2.